The lowest BCUT2D eigenvalue weighted by Gasteiger charge is -2.28. The first kappa shape index (κ1) is 33.6. The summed E-state index contributed by atoms with van der Waals surface area (Å²) in [4.78, 5) is 30.3. The number of hydrogen-bond donors (Lipinski definition) is 2. The van der Waals surface area contributed by atoms with E-state index in [1.165, 1.54) is 0 Å². The van der Waals surface area contributed by atoms with Crippen LogP contribution in [0, 0.1) is 5.92 Å². The quantitative estimate of drug-likeness (QED) is 0.180. The lowest BCUT2D eigenvalue weighted by Crippen LogP contribution is -2.44. The molecule has 48 heavy (non-hydrogen) atoms. The van der Waals surface area contributed by atoms with E-state index >= 15 is 0 Å². The third kappa shape index (κ3) is 6.95. The van der Waals surface area contributed by atoms with Crippen molar-refractivity contribution >= 4 is 34.8 Å². The summed E-state index contributed by atoms with van der Waals surface area (Å²) in [6, 6.07) is 22.7. The molecule has 1 unspecified atom stereocenters. The maximum Gasteiger partial charge on any atom is 0.264 e. The van der Waals surface area contributed by atoms with Gasteiger partial charge in [-0.05, 0) is 60.7 Å². The van der Waals surface area contributed by atoms with Gasteiger partial charge in [0, 0.05) is 47.9 Å². The number of anilines is 2. The number of halogens is 1. The minimum atomic E-state index is -1.79. The second-order valence-electron chi connectivity index (χ2n) is 12.8. The molecule has 3 atom stereocenters. The van der Waals surface area contributed by atoms with Crippen LogP contribution in [0.2, 0.25) is 5.02 Å². The number of nitrogens with zero attached hydrogens (tertiary/aromatic N) is 5. The van der Waals surface area contributed by atoms with Crippen LogP contribution in [-0.4, -0.2) is 50.2 Å². The third-order valence-electron chi connectivity index (χ3n) is 9.55. The fraction of sp³-hybridized carbons (Fsp3) is 0.368. The van der Waals surface area contributed by atoms with Crippen molar-refractivity contribution in [1.82, 2.24) is 15.0 Å². The summed E-state index contributed by atoms with van der Waals surface area (Å²) >= 11 is 6.38. The van der Waals surface area contributed by atoms with E-state index in [9.17, 15) is 19.8 Å². The largest absolute Gasteiger partial charge is 0.395 e. The van der Waals surface area contributed by atoms with E-state index in [1.54, 1.807) is 27.8 Å². The molecule has 3 aromatic carbocycles. The molecule has 0 aliphatic carbocycles. The van der Waals surface area contributed by atoms with Gasteiger partial charge >= 0.3 is 0 Å². The maximum atomic E-state index is 14.0. The van der Waals surface area contributed by atoms with Gasteiger partial charge in [0.05, 0.1) is 30.5 Å². The van der Waals surface area contributed by atoms with Crippen LogP contribution in [0.25, 0.3) is 0 Å². The number of hydrogen-bond acceptors (Lipinski definition) is 6. The Morgan fingerprint density at radius 1 is 1.00 bits per heavy atom. The van der Waals surface area contributed by atoms with Crippen LogP contribution >= 0.6 is 11.6 Å². The molecule has 1 saturated heterocycles. The number of aliphatic hydroxyl groups excluding tert-OH is 1. The molecule has 2 aliphatic heterocycles. The average Bonchev–Trinajstić information content (AvgIpc) is 3.63. The number of amides is 2. The van der Waals surface area contributed by atoms with Crippen molar-refractivity contribution in [3.8, 4) is 0 Å². The Morgan fingerprint density at radius 3 is 2.54 bits per heavy atom. The average molecular weight is 668 g/mol. The molecular weight excluding hydrogens is 626 g/mol. The van der Waals surface area contributed by atoms with E-state index < -0.39 is 17.4 Å². The van der Waals surface area contributed by atoms with Crippen molar-refractivity contribution in [1.29, 1.82) is 0 Å². The zero-order chi connectivity index (χ0) is 33.7. The molecule has 2 amide bonds. The number of carbonyl (C=O) groups excluding carboxylic acids is 2. The molecule has 9 nitrogen and oxygen atoms in total. The normalized spacial score (nSPS) is 19.8. The Bertz CT molecular complexity index is 1760. The molecule has 10 heteroatoms. The number of rotatable bonds is 11. The smallest absolute Gasteiger partial charge is 0.264 e. The van der Waals surface area contributed by atoms with E-state index in [4.69, 9.17) is 11.6 Å². The first-order chi connectivity index (χ1) is 23.3. The summed E-state index contributed by atoms with van der Waals surface area (Å²) in [6.45, 7) is 3.29. The Balaban J connectivity index is 1.13. The van der Waals surface area contributed by atoms with Crippen LogP contribution in [0.5, 0.6) is 0 Å². The molecule has 3 heterocycles. The number of carbonyl (C=O) groups is 2. The molecule has 6 rings (SSSR count). The standard InChI is InChI=1S/C38H42ClN5O4/c1-27(11-8-10-21-42-25-34(40-41-42)32(26-45)29-12-5-4-6-13-29)38(48)33-23-30(39)17-20-35(33)44(37(38)47)24-28-15-18-31(19-16-28)43-22-9-3-2-7-14-36(43)46/h4-6,8,11-13,15-20,23,25,27,32,45,48H,2-3,7,9-10,14,21-22,24,26H2,1H3/b11-8+/t27-,32?,38+/m0/s1. The van der Waals surface area contributed by atoms with Crippen molar-refractivity contribution in [3.63, 3.8) is 0 Å². The minimum absolute atomic E-state index is 0.0693. The first-order valence-electron chi connectivity index (χ1n) is 16.8. The van der Waals surface area contributed by atoms with Gasteiger partial charge in [0.1, 0.15) is 0 Å². The molecule has 2 N–H and O–H groups in total. The van der Waals surface area contributed by atoms with Gasteiger partial charge in [-0.1, -0.05) is 91.2 Å². The Hall–Kier alpha value is -4.31. The number of fused-ring (bicyclic) bond motifs is 1. The van der Waals surface area contributed by atoms with Crippen molar-refractivity contribution in [2.45, 2.75) is 70.1 Å². The summed E-state index contributed by atoms with van der Waals surface area (Å²) in [5.41, 5.74) is 2.74. The van der Waals surface area contributed by atoms with E-state index in [0.29, 0.717) is 47.9 Å². The molecule has 1 fully saturated rings. The predicted molar refractivity (Wildman–Crippen MR) is 187 cm³/mol. The van der Waals surface area contributed by atoms with E-state index in [1.807, 2.05) is 84.8 Å². The zero-order valence-corrected chi connectivity index (χ0v) is 28.0. The molecule has 4 aromatic rings. The van der Waals surface area contributed by atoms with Gasteiger partial charge < -0.3 is 20.0 Å². The van der Waals surface area contributed by atoms with Crippen molar-refractivity contribution in [3.05, 3.63) is 119 Å². The van der Waals surface area contributed by atoms with Gasteiger partial charge in [-0.3, -0.25) is 14.3 Å². The highest BCUT2D eigenvalue weighted by molar-refractivity contribution is 6.31. The van der Waals surface area contributed by atoms with Crippen LogP contribution in [-0.2, 0) is 28.3 Å². The molecule has 0 spiro atoms. The Morgan fingerprint density at radius 2 is 1.77 bits per heavy atom. The van der Waals surface area contributed by atoms with Crippen LogP contribution in [0.4, 0.5) is 11.4 Å². The highest BCUT2D eigenvalue weighted by Crippen LogP contribution is 2.46. The van der Waals surface area contributed by atoms with Gasteiger partial charge in [0.25, 0.3) is 5.91 Å². The lowest BCUT2D eigenvalue weighted by molar-refractivity contribution is -0.139. The molecule has 2 aliphatic rings. The summed E-state index contributed by atoms with van der Waals surface area (Å²) in [6.07, 6.45) is 10.9. The van der Waals surface area contributed by atoms with Gasteiger partial charge in [-0.25, -0.2) is 0 Å². The van der Waals surface area contributed by atoms with Crippen molar-refractivity contribution < 1.29 is 19.8 Å². The molecule has 250 valence electrons. The molecule has 1 aromatic heterocycles. The van der Waals surface area contributed by atoms with Crippen LogP contribution in [0.3, 0.4) is 0 Å². The number of benzene rings is 3. The van der Waals surface area contributed by atoms with Gasteiger partial charge in [-0.2, -0.15) is 0 Å². The monoisotopic (exact) mass is 667 g/mol. The summed E-state index contributed by atoms with van der Waals surface area (Å²) in [7, 11) is 0. The number of aliphatic hydroxyl groups is 2. The zero-order valence-electron chi connectivity index (χ0n) is 27.2. The van der Waals surface area contributed by atoms with Crippen molar-refractivity contribution in [2.24, 2.45) is 5.92 Å². The lowest BCUT2D eigenvalue weighted by atomic mass is 9.83. The summed E-state index contributed by atoms with van der Waals surface area (Å²) < 4.78 is 1.73. The summed E-state index contributed by atoms with van der Waals surface area (Å²) in [5.74, 6) is -1.05. The van der Waals surface area contributed by atoms with Gasteiger partial charge in [-0.15, -0.1) is 5.10 Å². The van der Waals surface area contributed by atoms with Crippen molar-refractivity contribution in [2.75, 3.05) is 23.0 Å². The highest BCUT2D eigenvalue weighted by atomic mass is 35.5. The second kappa shape index (κ2) is 14.8. The Kier molecular flexibility index (Phi) is 10.4. The molecule has 0 bridgehead atoms. The number of aromatic nitrogens is 3. The topological polar surface area (TPSA) is 112 Å². The summed E-state index contributed by atoms with van der Waals surface area (Å²) in [5, 5.41) is 31.0. The maximum absolute atomic E-state index is 14.0. The van der Waals surface area contributed by atoms with Gasteiger partial charge in [0.15, 0.2) is 5.60 Å². The van der Waals surface area contributed by atoms with Crippen LogP contribution < -0.4 is 9.80 Å². The van der Waals surface area contributed by atoms with Crippen LogP contribution in [0.1, 0.15) is 73.8 Å². The number of allylic oxidation sites excluding steroid dienone is 1. The second-order valence-corrected chi connectivity index (χ2v) is 13.2. The number of aryl methyl sites for hydroxylation is 1. The fourth-order valence-corrected chi connectivity index (χ4v) is 6.93. The van der Waals surface area contributed by atoms with E-state index in [-0.39, 0.29) is 25.0 Å². The Labute approximate surface area is 286 Å². The highest BCUT2D eigenvalue weighted by Gasteiger charge is 2.52. The first-order valence-corrected chi connectivity index (χ1v) is 17.1. The SMILES string of the molecule is C[C@@H](/C=C/CCn1cc(C(CO)c2ccccc2)nn1)[C@]1(O)C(=O)N(Cc2ccc(N3CCCCCCC3=O)cc2)c2ccc(Cl)cc21. The fourth-order valence-electron chi connectivity index (χ4n) is 6.76. The molecule has 0 radical (unpaired) electrons. The minimum Gasteiger partial charge on any atom is -0.395 e. The van der Waals surface area contributed by atoms with Crippen LogP contribution in [0.15, 0.2) is 91.1 Å². The third-order valence-corrected chi connectivity index (χ3v) is 9.78. The van der Waals surface area contributed by atoms with E-state index in [0.717, 1.165) is 42.5 Å². The predicted octanol–water partition coefficient (Wildman–Crippen LogP) is 6.37. The molecule has 0 saturated carbocycles. The molecular formula is C38H42ClN5O4. The van der Waals surface area contributed by atoms with Gasteiger partial charge in [0.2, 0.25) is 5.91 Å². The van der Waals surface area contributed by atoms with E-state index in [2.05, 4.69) is 10.3 Å².